The van der Waals surface area contributed by atoms with E-state index < -0.39 is 0 Å². The minimum Gasteiger partial charge on any atom is -0.493 e. The lowest BCUT2D eigenvalue weighted by atomic mass is 10.0. The van der Waals surface area contributed by atoms with Gasteiger partial charge in [0.2, 0.25) is 0 Å². The molecule has 0 saturated carbocycles. The second-order valence-corrected chi connectivity index (χ2v) is 6.48. The molecule has 24 heavy (non-hydrogen) atoms. The highest BCUT2D eigenvalue weighted by Crippen LogP contribution is 2.41. The molecule has 0 bridgehead atoms. The molecule has 0 unspecified atom stereocenters. The van der Waals surface area contributed by atoms with Crippen LogP contribution < -0.4 is 14.2 Å². The Hall–Kier alpha value is -2.20. The van der Waals surface area contributed by atoms with Crippen LogP contribution in [0.3, 0.4) is 0 Å². The molecule has 0 heterocycles. The van der Waals surface area contributed by atoms with Gasteiger partial charge in [0.15, 0.2) is 11.5 Å². The van der Waals surface area contributed by atoms with Gasteiger partial charge in [-0.2, -0.15) is 0 Å². The van der Waals surface area contributed by atoms with Gasteiger partial charge in [0.25, 0.3) is 0 Å². The van der Waals surface area contributed by atoms with Crippen molar-refractivity contribution in [1.29, 1.82) is 0 Å². The van der Waals surface area contributed by atoms with Gasteiger partial charge >= 0.3 is 0 Å². The van der Waals surface area contributed by atoms with Gasteiger partial charge in [-0.15, -0.1) is 0 Å². The Balaban J connectivity index is 1.88. The topological polar surface area (TPSA) is 30.9 Å². The number of nitrogens with zero attached hydrogens (tertiary/aromatic N) is 1. The van der Waals surface area contributed by atoms with E-state index in [0.717, 1.165) is 18.7 Å². The number of rotatable bonds is 6. The van der Waals surface area contributed by atoms with Crippen molar-refractivity contribution in [1.82, 2.24) is 4.90 Å². The summed E-state index contributed by atoms with van der Waals surface area (Å²) in [6.07, 6.45) is 1.11. The molecule has 128 valence electrons. The average Bonchev–Trinajstić information content (AvgIpc) is 2.91. The lowest BCUT2D eigenvalue weighted by Gasteiger charge is -2.25. The Morgan fingerprint density at radius 1 is 1.00 bits per heavy atom. The molecule has 1 aliphatic rings. The first-order chi connectivity index (χ1) is 11.6. The van der Waals surface area contributed by atoms with Crippen molar-refractivity contribution in [3.8, 4) is 17.2 Å². The first-order valence-electron chi connectivity index (χ1n) is 8.23. The van der Waals surface area contributed by atoms with Crippen LogP contribution in [0, 0.1) is 5.92 Å². The van der Waals surface area contributed by atoms with Crippen LogP contribution >= 0.6 is 0 Å². The van der Waals surface area contributed by atoms with Gasteiger partial charge < -0.3 is 19.1 Å². The Labute approximate surface area is 144 Å². The van der Waals surface area contributed by atoms with Crippen molar-refractivity contribution in [3.63, 3.8) is 0 Å². The molecule has 0 saturated heterocycles. The zero-order valence-corrected chi connectivity index (χ0v) is 14.8. The highest BCUT2D eigenvalue weighted by atomic mass is 16.5. The molecule has 4 nitrogen and oxygen atoms in total. The average molecular weight is 327 g/mol. The standard InChI is InChI=1S/C20H25NO3/c1-21(2)13-15-11-14-7-5-6-8-17(14)20(15)24-16-9-10-18(22-3)19(12-16)23-4/h5-10,12,15,20H,11,13H2,1-4H3/t15-,20+/m1/s1. The summed E-state index contributed by atoms with van der Waals surface area (Å²) in [6, 6.07) is 14.3. The highest BCUT2D eigenvalue weighted by Gasteiger charge is 2.34. The summed E-state index contributed by atoms with van der Waals surface area (Å²) in [5, 5.41) is 0. The van der Waals surface area contributed by atoms with Gasteiger partial charge in [-0.25, -0.2) is 0 Å². The van der Waals surface area contributed by atoms with Crippen molar-refractivity contribution in [3.05, 3.63) is 53.6 Å². The molecule has 0 amide bonds. The molecule has 3 rings (SSSR count). The van der Waals surface area contributed by atoms with Gasteiger partial charge in [0.05, 0.1) is 14.2 Å². The first kappa shape index (κ1) is 16.7. The van der Waals surface area contributed by atoms with E-state index in [0.29, 0.717) is 17.4 Å². The van der Waals surface area contributed by atoms with E-state index in [1.807, 2.05) is 18.2 Å². The quantitative estimate of drug-likeness (QED) is 0.812. The number of ether oxygens (including phenoxy) is 3. The van der Waals surface area contributed by atoms with E-state index in [2.05, 4.69) is 43.3 Å². The molecule has 1 aliphatic carbocycles. The summed E-state index contributed by atoms with van der Waals surface area (Å²) in [5.74, 6) is 2.63. The fourth-order valence-corrected chi connectivity index (χ4v) is 3.47. The van der Waals surface area contributed by atoms with Crippen molar-refractivity contribution in [2.45, 2.75) is 12.5 Å². The van der Waals surface area contributed by atoms with E-state index in [4.69, 9.17) is 14.2 Å². The van der Waals surface area contributed by atoms with Crippen LogP contribution in [0.15, 0.2) is 42.5 Å². The molecule has 0 N–H and O–H groups in total. The van der Waals surface area contributed by atoms with Crippen molar-refractivity contribution in [2.24, 2.45) is 5.92 Å². The summed E-state index contributed by atoms with van der Waals surface area (Å²) < 4.78 is 17.1. The van der Waals surface area contributed by atoms with Gasteiger partial charge in [-0.1, -0.05) is 24.3 Å². The number of fused-ring (bicyclic) bond motifs is 1. The second kappa shape index (κ2) is 7.14. The summed E-state index contributed by atoms with van der Waals surface area (Å²) in [5.41, 5.74) is 2.67. The summed E-state index contributed by atoms with van der Waals surface area (Å²) in [4.78, 5) is 2.22. The Bertz CT molecular complexity index is 699. The molecule has 0 spiro atoms. The van der Waals surface area contributed by atoms with E-state index in [1.54, 1.807) is 14.2 Å². The first-order valence-corrected chi connectivity index (χ1v) is 8.23. The molecule has 2 aromatic carbocycles. The van der Waals surface area contributed by atoms with Crippen molar-refractivity contribution >= 4 is 0 Å². The van der Waals surface area contributed by atoms with Crippen LogP contribution in [0.4, 0.5) is 0 Å². The van der Waals surface area contributed by atoms with Gasteiger partial charge in [-0.05, 0) is 43.8 Å². The lowest BCUT2D eigenvalue weighted by Crippen LogP contribution is -2.27. The molecule has 0 radical (unpaired) electrons. The zero-order chi connectivity index (χ0) is 17.1. The summed E-state index contributed by atoms with van der Waals surface area (Å²) in [7, 11) is 7.49. The monoisotopic (exact) mass is 327 g/mol. The SMILES string of the molecule is COc1ccc(O[C@@H]2c3ccccc3C[C@@H]2CN(C)C)cc1OC. The fourth-order valence-electron chi connectivity index (χ4n) is 3.47. The van der Waals surface area contributed by atoms with Crippen LogP contribution in [0.5, 0.6) is 17.2 Å². The van der Waals surface area contributed by atoms with Gasteiger partial charge in [-0.3, -0.25) is 0 Å². The normalized spacial score (nSPS) is 19.2. The number of hydrogen-bond acceptors (Lipinski definition) is 4. The maximum atomic E-state index is 6.40. The largest absolute Gasteiger partial charge is 0.493 e. The van der Waals surface area contributed by atoms with Crippen LogP contribution in [0.1, 0.15) is 17.2 Å². The van der Waals surface area contributed by atoms with E-state index in [9.17, 15) is 0 Å². The van der Waals surface area contributed by atoms with Crippen LogP contribution in [0.2, 0.25) is 0 Å². The minimum absolute atomic E-state index is 0.0571. The highest BCUT2D eigenvalue weighted by molar-refractivity contribution is 5.46. The van der Waals surface area contributed by atoms with E-state index in [-0.39, 0.29) is 6.10 Å². The summed E-state index contributed by atoms with van der Waals surface area (Å²) >= 11 is 0. The molecular formula is C20H25NO3. The molecule has 0 aliphatic heterocycles. The van der Waals surface area contributed by atoms with E-state index in [1.165, 1.54) is 11.1 Å². The lowest BCUT2D eigenvalue weighted by molar-refractivity contribution is 0.128. The Kier molecular flexibility index (Phi) is 4.95. The van der Waals surface area contributed by atoms with Gasteiger partial charge in [0, 0.05) is 18.5 Å². The third-order valence-electron chi connectivity index (χ3n) is 4.49. The molecule has 0 fully saturated rings. The third kappa shape index (κ3) is 3.34. The molecule has 0 aromatic heterocycles. The maximum Gasteiger partial charge on any atom is 0.164 e. The minimum atomic E-state index is 0.0571. The van der Waals surface area contributed by atoms with Crippen molar-refractivity contribution in [2.75, 3.05) is 34.9 Å². The predicted molar refractivity (Wildman–Crippen MR) is 95.1 cm³/mol. The van der Waals surface area contributed by atoms with Crippen molar-refractivity contribution < 1.29 is 14.2 Å². The predicted octanol–water partition coefficient (Wildman–Crippen LogP) is 3.56. The maximum absolute atomic E-state index is 6.40. The Morgan fingerprint density at radius 3 is 2.46 bits per heavy atom. The third-order valence-corrected chi connectivity index (χ3v) is 4.49. The van der Waals surface area contributed by atoms with Crippen LogP contribution in [-0.2, 0) is 6.42 Å². The number of benzene rings is 2. The summed E-state index contributed by atoms with van der Waals surface area (Å²) in [6.45, 7) is 0.993. The number of hydrogen-bond donors (Lipinski definition) is 0. The fraction of sp³-hybridized carbons (Fsp3) is 0.400. The van der Waals surface area contributed by atoms with Gasteiger partial charge in [0.1, 0.15) is 11.9 Å². The molecule has 2 aromatic rings. The molecule has 2 atom stereocenters. The number of methoxy groups -OCH3 is 2. The zero-order valence-electron chi connectivity index (χ0n) is 14.8. The van der Waals surface area contributed by atoms with Crippen LogP contribution in [0.25, 0.3) is 0 Å². The molecular weight excluding hydrogens is 302 g/mol. The van der Waals surface area contributed by atoms with E-state index >= 15 is 0 Å². The smallest absolute Gasteiger partial charge is 0.164 e. The van der Waals surface area contributed by atoms with Crippen LogP contribution in [-0.4, -0.2) is 39.8 Å². The molecule has 4 heteroatoms. The second-order valence-electron chi connectivity index (χ2n) is 6.48. The Morgan fingerprint density at radius 2 is 1.75 bits per heavy atom.